The van der Waals surface area contributed by atoms with Gasteiger partial charge in [0.15, 0.2) is 0 Å². The minimum atomic E-state index is 0.0631. The van der Waals surface area contributed by atoms with Gasteiger partial charge < -0.3 is 4.90 Å². The van der Waals surface area contributed by atoms with Gasteiger partial charge in [0.25, 0.3) is 0 Å². The van der Waals surface area contributed by atoms with Gasteiger partial charge in [0.05, 0.1) is 5.83 Å². The second-order valence-electron chi connectivity index (χ2n) is 3.32. The molecule has 0 N–H and O–H groups in total. The zero-order valence-electron chi connectivity index (χ0n) is 9.31. The summed E-state index contributed by atoms with van der Waals surface area (Å²) in [5.41, 5.74) is 0. The molecule has 0 aromatic carbocycles. The first kappa shape index (κ1) is 12.6. The molecule has 0 unspecified atom stereocenters. The lowest BCUT2D eigenvalue weighted by Crippen LogP contribution is -2.31. The van der Waals surface area contributed by atoms with Gasteiger partial charge in [-0.25, -0.2) is 4.39 Å². The highest BCUT2D eigenvalue weighted by atomic mass is 19.1. The Morgan fingerprint density at radius 2 is 1.92 bits per heavy atom. The van der Waals surface area contributed by atoms with Crippen molar-refractivity contribution in [2.24, 2.45) is 0 Å². The molecule has 2 heteroatoms. The third-order valence-corrected chi connectivity index (χ3v) is 2.15. The van der Waals surface area contributed by atoms with E-state index in [4.69, 9.17) is 0 Å². The summed E-state index contributed by atoms with van der Waals surface area (Å²) >= 11 is 0. The summed E-state index contributed by atoms with van der Waals surface area (Å²) in [5, 5.41) is 0. The van der Waals surface area contributed by atoms with Gasteiger partial charge >= 0.3 is 0 Å². The molecule has 0 atom stereocenters. The smallest absolute Gasteiger partial charge is 0.0973 e. The quantitative estimate of drug-likeness (QED) is 0.608. The molecule has 0 aromatic rings. The van der Waals surface area contributed by atoms with E-state index in [-0.39, 0.29) is 5.83 Å². The van der Waals surface area contributed by atoms with Crippen LogP contribution in [-0.4, -0.2) is 24.0 Å². The molecule has 0 spiro atoms. The van der Waals surface area contributed by atoms with Crippen molar-refractivity contribution in [2.75, 3.05) is 13.1 Å². The molecule has 1 aliphatic heterocycles. The van der Waals surface area contributed by atoms with E-state index < -0.39 is 0 Å². The normalized spacial score (nSPS) is 18.8. The molecule has 0 bridgehead atoms. The van der Waals surface area contributed by atoms with Crippen LogP contribution >= 0.6 is 0 Å². The van der Waals surface area contributed by atoms with Crippen LogP contribution in [0.15, 0.2) is 11.9 Å². The number of halogens is 1. The molecule has 0 aromatic heterocycles. The van der Waals surface area contributed by atoms with Gasteiger partial charge in [-0.05, 0) is 20.3 Å². The van der Waals surface area contributed by atoms with Crippen LogP contribution in [0.5, 0.6) is 0 Å². The predicted molar refractivity (Wildman–Crippen MR) is 56.5 cm³/mol. The van der Waals surface area contributed by atoms with Gasteiger partial charge in [0.1, 0.15) is 0 Å². The molecule has 0 saturated heterocycles. The van der Waals surface area contributed by atoms with Gasteiger partial charge in [-0.1, -0.05) is 19.9 Å². The predicted octanol–water partition coefficient (Wildman–Crippen LogP) is 3.37. The summed E-state index contributed by atoms with van der Waals surface area (Å²) in [4.78, 5) is 2.31. The Bertz CT molecular complexity index is 152. The summed E-state index contributed by atoms with van der Waals surface area (Å²) in [6, 6.07) is 0.550. The standard InChI is InChI=1S/C9H16FN.C2H6/c1-8(2)11-6-3-4-9(10)5-7-11;1-2/h4,8H,3,5-7H2,1-2H3;1-2H3. The van der Waals surface area contributed by atoms with E-state index in [0.717, 1.165) is 19.5 Å². The highest BCUT2D eigenvalue weighted by molar-refractivity contribution is 4.95. The van der Waals surface area contributed by atoms with Crippen molar-refractivity contribution in [1.82, 2.24) is 4.90 Å². The average Bonchev–Trinajstić information content (AvgIpc) is 2.33. The number of nitrogens with zero attached hydrogens (tertiary/aromatic N) is 1. The lowest BCUT2D eigenvalue weighted by atomic mass is 10.3. The molecule has 0 amide bonds. The van der Waals surface area contributed by atoms with Gasteiger partial charge in [-0.2, -0.15) is 0 Å². The van der Waals surface area contributed by atoms with Crippen molar-refractivity contribution in [3.05, 3.63) is 11.9 Å². The highest BCUT2D eigenvalue weighted by Gasteiger charge is 2.11. The zero-order chi connectivity index (χ0) is 10.3. The molecule has 1 aliphatic rings. The van der Waals surface area contributed by atoms with Gasteiger partial charge in [-0.3, -0.25) is 0 Å². The van der Waals surface area contributed by atoms with Crippen molar-refractivity contribution in [3.8, 4) is 0 Å². The monoisotopic (exact) mass is 187 g/mol. The average molecular weight is 187 g/mol. The topological polar surface area (TPSA) is 3.24 Å². The van der Waals surface area contributed by atoms with E-state index in [1.807, 2.05) is 13.8 Å². The molecule has 78 valence electrons. The Labute approximate surface area is 81.6 Å². The summed E-state index contributed by atoms with van der Waals surface area (Å²) in [6.45, 7) is 10.2. The number of rotatable bonds is 1. The Kier molecular flexibility index (Phi) is 6.87. The van der Waals surface area contributed by atoms with Crippen molar-refractivity contribution >= 4 is 0 Å². The lowest BCUT2D eigenvalue weighted by Gasteiger charge is -2.23. The van der Waals surface area contributed by atoms with Crippen LogP contribution in [0, 0.1) is 0 Å². The van der Waals surface area contributed by atoms with Crippen LogP contribution in [0.2, 0.25) is 0 Å². The molecule has 0 saturated carbocycles. The van der Waals surface area contributed by atoms with Crippen molar-refractivity contribution < 1.29 is 4.39 Å². The first-order valence-corrected chi connectivity index (χ1v) is 5.28. The van der Waals surface area contributed by atoms with Crippen LogP contribution in [0.1, 0.15) is 40.5 Å². The second kappa shape index (κ2) is 7.07. The van der Waals surface area contributed by atoms with Crippen LogP contribution in [0.25, 0.3) is 0 Å². The maximum atomic E-state index is 12.7. The maximum Gasteiger partial charge on any atom is 0.0973 e. The molecule has 1 nitrogen and oxygen atoms in total. The first-order valence-electron chi connectivity index (χ1n) is 5.28. The third kappa shape index (κ3) is 5.04. The molecule has 0 fully saturated rings. The summed E-state index contributed by atoms with van der Waals surface area (Å²) in [6.07, 6.45) is 3.17. The van der Waals surface area contributed by atoms with E-state index in [9.17, 15) is 4.39 Å². The molecular formula is C11H22FN. The fraction of sp³-hybridized carbons (Fsp3) is 0.818. The first-order chi connectivity index (χ1) is 6.20. The lowest BCUT2D eigenvalue weighted by molar-refractivity contribution is 0.230. The fourth-order valence-electron chi connectivity index (χ4n) is 1.37. The van der Waals surface area contributed by atoms with Gasteiger partial charge in [0, 0.05) is 25.6 Å². The van der Waals surface area contributed by atoms with Crippen LogP contribution in [-0.2, 0) is 0 Å². The Morgan fingerprint density at radius 3 is 2.46 bits per heavy atom. The third-order valence-electron chi connectivity index (χ3n) is 2.15. The second-order valence-corrected chi connectivity index (χ2v) is 3.32. The summed E-state index contributed by atoms with van der Waals surface area (Å²) in [7, 11) is 0. The number of hydrogen-bond acceptors (Lipinski definition) is 1. The van der Waals surface area contributed by atoms with E-state index in [1.165, 1.54) is 0 Å². The van der Waals surface area contributed by atoms with Gasteiger partial charge in [0.2, 0.25) is 0 Å². The Hall–Kier alpha value is -0.370. The minimum absolute atomic E-state index is 0.0631. The van der Waals surface area contributed by atoms with Crippen molar-refractivity contribution in [1.29, 1.82) is 0 Å². The molecule has 0 radical (unpaired) electrons. The Morgan fingerprint density at radius 1 is 1.31 bits per heavy atom. The number of hydrogen-bond donors (Lipinski definition) is 0. The van der Waals surface area contributed by atoms with E-state index >= 15 is 0 Å². The fourth-order valence-corrected chi connectivity index (χ4v) is 1.37. The van der Waals surface area contributed by atoms with Crippen molar-refractivity contribution in [3.63, 3.8) is 0 Å². The SMILES string of the molecule is CC.CC(C)N1CCC=C(F)CC1. The minimum Gasteiger partial charge on any atom is -0.300 e. The van der Waals surface area contributed by atoms with Crippen LogP contribution < -0.4 is 0 Å². The molecular weight excluding hydrogens is 165 g/mol. The Balaban J connectivity index is 0.000000671. The van der Waals surface area contributed by atoms with E-state index in [0.29, 0.717) is 12.5 Å². The highest BCUT2D eigenvalue weighted by Crippen LogP contribution is 2.13. The van der Waals surface area contributed by atoms with Gasteiger partial charge in [-0.15, -0.1) is 0 Å². The van der Waals surface area contributed by atoms with E-state index in [1.54, 1.807) is 6.08 Å². The summed E-state index contributed by atoms with van der Waals surface area (Å²) < 4.78 is 12.7. The van der Waals surface area contributed by atoms with Crippen LogP contribution in [0.3, 0.4) is 0 Å². The zero-order valence-corrected chi connectivity index (χ0v) is 9.31. The molecule has 1 rings (SSSR count). The molecule has 0 aliphatic carbocycles. The largest absolute Gasteiger partial charge is 0.300 e. The van der Waals surface area contributed by atoms with Crippen LogP contribution in [0.4, 0.5) is 4.39 Å². The molecule has 1 heterocycles. The maximum absolute atomic E-state index is 12.7. The molecule has 13 heavy (non-hydrogen) atoms. The van der Waals surface area contributed by atoms with Crippen molar-refractivity contribution in [2.45, 2.75) is 46.6 Å². The summed E-state index contributed by atoms with van der Waals surface area (Å²) in [5.74, 6) is 0.0631. The van der Waals surface area contributed by atoms with E-state index in [2.05, 4.69) is 18.7 Å².